The van der Waals surface area contributed by atoms with Crippen molar-refractivity contribution < 1.29 is 13.5 Å². The van der Waals surface area contributed by atoms with Gasteiger partial charge in [0.25, 0.3) is 0 Å². The standard InChI is InChI=1S/C30H40F2O/c1-3-5-6-9-23-12-14-24(15-13-23)10-7-8-11-25-16-18-26(19-17-25)27-20-21-28(33-22-4-2)30(32)29(27)31/h8,11-15,20-21,25-26H,3-7,9-10,16-19,22H2,1-2H3. The minimum absolute atomic E-state index is 0.0286. The van der Waals surface area contributed by atoms with Crippen molar-refractivity contribution in [2.24, 2.45) is 5.92 Å². The van der Waals surface area contributed by atoms with Crippen molar-refractivity contribution in [1.82, 2.24) is 0 Å². The van der Waals surface area contributed by atoms with E-state index in [9.17, 15) is 8.78 Å². The monoisotopic (exact) mass is 454 g/mol. The molecule has 0 N–H and O–H groups in total. The molecule has 2 aromatic rings. The van der Waals surface area contributed by atoms with Gasteiger partial charge in [0.2, 0.25) is 5.82 Å². The zero-order chi connectivity index (χ0) is 23.5. The lowest BCUT2D eigenvalue weighted by Gasteiger charge is -2.27. The molecule has 0 bridgehead atoms. The Morgan fingerprint density at radius 1 is 0.818 bits per heavy atom. The lowest BCUT2D eigenvalue weighted by Crippen LogP contribution is -2.14. The summed E-state index contributed by atoms with van der Waals surface area (Å²) in [6.45, 7) is 4.59. The summed E-state index contributed by atoms with van der Waals surface area (Å²) in [6, 6.07) is 12.4. The Morgan fingerprint density at radius 2 is 1.52 bits per heavy atom. The summed E-state index contributed by atoms with van der Waals surface area (Å²) in [5.41, 5.74) is 3.35. The number of aryl methyl sites for hydroxylation is 2. The molecule has 1 saturated carbocycles. The number of rotatable bonds is 12. The first kappa shape index (κ1) is 25.5. The molecule has 0 heterocycles. The fourth-order valence-electron chi connectivity index (χ4n) is 4.80. The molecule has 0 saturated heterocycles. The quantitative estimate of drug-likeness (QED) is 0.230. The van der Waals surface area contributed by atoms with Crippen LogP contribution in [0.4, 0.5) is 8.78 Å². The maximum Gasteiger partial charge on any atom is 0.200 e. The molecule has 1 nitrogen and oxygen atoms in total. The van der Waals surface area contributed by atoms with Crippen LogP contribution >= 0.6 is 0 Å². The minimum atomic E-state index is -0.836. The van der Waals surface area contributed by atoms with Crippen LogP contribution in [-0.4, -0.2) is 6.61 Å². The third-order valence-electron chi connectivity index (χ3n) is 6.85. The molecule has 0 atom stereocenters. The molecule has 0 radical (unpaired) electrons. The van der Waals surface area contributed by atoms with Crippen LogP contribution in [-0.2, 0) is 12.8 Å². The summed E-state index contributed by atoms with van der Waals surface area (Å²) in [5.74, 6) is -0.890. The number of ether oxygens (including phenoxy) is 1. The molecule has 3 rings (SSSR count). The molecule has 0 spiro atoms. The Hall–Kier alpha value is -2.16. The number of benzene rings is 2. The average Bonchev–Trinajstić information content (AvgIpc) is 2.84. The Kier molecular flexibility index (Phi) is 10.4. The van der Waals surface area contributed by atoms with E-state index in [1.807, 2.05) is 6.92 Å². The van der Waals surface area contributed by atoms with E-state index in [0.717, 1.165) is 44.9 Å². The fourth-order valence-corrected chi connectivity index (χ4v) is 4.80. The predicted molar refractivity (Wildman–Crippen MR) is 134 cm³/mol. The second kappa shape index (κ2) is 13.5. The van der Waals surface area contributed by atoms with Crippen LogP contribution in [0.3, 0.4) is 0 Å². The van der Waals surface area contributed by atoms with E-state index in [0.29, 0.717) is 18.1 Å². The maximum absolute atomic E-state index is 14.6. The highest BCUT2D eigenvalue weighted by Crippen LogP contribution is 2.39. The molecule has 1 aliphatic rings. The molecule has 3 heteroatoms. The molecule has 0 aromatic heterocycles. The van der Waals surface area contributed by atoms with E-state index in [1.165, 1.54) is 36.8 Å². The van der Waals surface area contributed by atoms with Crippen molar-refractivity contribution in [3.8, 4) is 5.75 Å². The van der Waals surface area contributed by atoms with Crippen molar-refractivity contribution in [3.63, 3.8) is 0 Å². The zero-order valence-electron chi connectivity index (χ0n) is 20.4. The van der Waals surface area contributed by atoms with Crippen LogP contribution in [0.1, 0.15) is 94.2 Å². The van der Waals surface area contributed by atoms with Gasteiger partial charge in [0.15, 0.2) is 11.6 Å². The van der Waals surface area contributed by atoms with Gasteiger partial charge in [-0.15, -0.1) is 0 Å². The van der Waals surface area contributed by atoms with E-state index in [2.05, 4.69) is 43.3 Å². The van der Waals surface area contributed by atoms with E-state index >= 15 is 0 Å². The minimum Gasteiger partial charge on any atom is -0.490 e. The third kappa shape index (κ3) is 7.69. The molecular formula is C30H40F2O. The van der Waals surface area contributed by atoms with Gasteiger partial charge in [-0.3, -0.25) is 0 Å². The van der Waals surface area contributed by atoms with Crippen LogP contribution in [0.15, 0.2) is 48.6 Å². The zero-order valence-corrected chi connectivity index (χ0v) is 20.4. The van der Waals surface area contributed by atoms with Crippen LogP contribution < -0.4 is 4.74 Å². The molecule has 180 valence electrons. The summed E-state index contributed by atoms with van der Waals surface area (Å²) in [6.07, 6.45) is 16.4. The molecule has 33 heavy (non-hydrogen) atoms. The highest BCUT2D eigenvalue weighted by molar-refractivity contribution is 5.33. The largest absolute Gasteiger partial charge is 0.490 e. The van der Waals surface area contributed by atoms with Gasteiger partial charge >= 0.3 is 0 Å². The Labute approximate surface area is 199 Å². The second-order valence-electron chi connectivity index (χ2n) is 9.48. The number of hydrogen-bond donors (Lipinski definition) is 0. The summed E-state index contributed by atoms with van der Waals surface area (Å²) in [7, 11) is 0. The third-order valence-corrected chi connectivity index (χ3v) is 6.85. The number of unbranched alkanes of at least 4 members (excludes halogenated alkanes) is 2. The van der Waals surface area contributed by atoms with E-state index in [1.54, 1.807) is 12.1 Å². The van der Waals surface area contributed by atoms with Gasteiger partial charge in [-0.05, 0) is 92.4 Å². The predicted octanol–water partition coefficient (Wildman–Crippen LogP) is 8.95. The Morgan fingerprint density at radius 3 is 2.18 bits per heavy atom. The van der Waals surface area contributed by atoms with Gasteiger partial charge in [0.05, 0.1) is 6.61 Å². The first-order valence-electron chi connectivity index (χ1n) is 13.0. The van der Waals surface area contributed by atoms with Gasteiger partial charge in [-0.2, -0.15) is 4.39 Å². The molecule has 1 fully saturated rings. The van der Waals surface area contributed by atoms with Crippen molar-refractivity contribution >= 4 is 0 Å². The summed E-state index contributed by atoms with van der Waals surface area (Å²) in [4.78, 5) is 0. The Balaban J connectivity index is 1.42. The van der Waals surface area contributed by atoms with E-state index < -0.39 is 11.6 Å². The first-order chi connectivity index (χ1) is 16.1. The van der Waals surface area contributed by atoms with E-state index in [-0.39, 0.29) is 11.7 Å². The molecular weight excluding hydrogens is 414 g/mol. The molecule has 0 unspecified atom stereocenters. The Bertz CT molecular complexity index is 864. The van der Waals surface area contributed by atoms with E-state index in [4.69, 9.17) is 4.74 Å². The summed E-state index contributed by atoms with van der Waals surface area (Å²) in [5, 5.41) is 0. The number of allylic oxidation sites excluding steroid dienone is 2. The maximum atomic E-state index is 14.6. The van der Waals surface area contributed by atoms with Gasteiger partial charge < -0.3 is 4.74 Å². The number of halogens is 2. The van der Waals surface area contributed by atoms with Crippen LogP contribution in [0.2, 0.25) is 0 Å². The van der Waals surface area contributed by atoms with Crippen molar-refractivity contribution in [2.75, 3.05) is 6.61 Å². The summed E-state index contributed by atoms with van der Waals surface area (Å²) < 4.78 is 34.3. The highest BCUT2D eigenvalue weighted by Gasteiger charge is 2.25. The average molecular weight is 455 g/mol. The molecule has 1 aliphatic carbocycles. The smallest absolute Gasteiger partial charge is 0.200 e. The molecule has 0 amide bonds. The number of hydrogen-bond acceptors (Lipinski definition) is 1. The van der Waals surface area contributed by atoms with Crippen molar-refractivity contribution in [2.45, 2.75) is 90.4 Å². The van der Waals surface area contributed by atoms with Crippen LogP contribution in [0, 0.1) is 17.6 Å². The van der Waals surface area contributed by atoms with Crippen molar-refractivity contribution in [3.05, 3.63) is 76.9 Å². The molecule has 0 aliphatic heterocycles. The molecule has 2 aromatic carbocycles. The van der Waals surface area contributed by atoms with Gasteiger partial charge in [-0.25, -0.2) is 4.39 Å². The van der Waals surface area contributed by atoms with Crippen molar-refractivity contribution in [1.29, 1.82) is 0 Å². The normalized spacial score (nSPS) is 18.7. The van der Waals surface area contributed by atoms with Crippen LogP contribution in [0.5, 0.6) is 5.75 Å². The second-order valence-corrected chi connectivity index (χ2v) is 9.48. The lowest BCUT2D eigenvalue weighted by atomic mass is 9.78. The van der Waals surface area contributed by atoms with Crippen LogP contribution in [0.25, 0.3) is 0 Å². The van der Waals surface area contributed by atoms with Gasteiger partial charge in [-0.1, -0.05) is 69.2 Å². The fraction of sp³-hybridized carbons (Fsp3) is 0.533. The van der Waals surface area contributed by atoms with Gasteiger partial charge in [0, 0.05) is 0 Å². The summed E-state index contributed by atoms with van der Waals surface area (Å²) >= 11 is 0. The van der Waals surface area contributed by atoms with Gasteiger partial charge in [0.1, 0.15) is 0 Å². The first-order valence-corrected chi connectivity index (χ1v) is 13.0. The highest BCUT2D eigenvalue weighted by atomic mass is 19.2. The topological polar surface area (TPSA) is 9.23 Å². The lowest BCUT2D eigenvalue weighted by molar-refractivity contribution is 0.292. The SMILES string of the molecule is CCCCCc1ccc(CCC=CC2CCC(c3ccc(OCCC)c(F)c3F)CC2)cc1.